The van der Waals surface area contributed by atoms with E-state index in [1.807, 2.05) is 24.3 Å². The van der Waals surface area contributed by atoms with Gasteiger partial charge in [0, 0.05) is 12.2 Å². The molecule has 0 aromatic heterocycles. The smallest absolute Gasteiger partial charge is 0.338 e. The van der Waals surface area contributed by atoms with E-state index in [0.717, 1.165) is 31.5 Å². The molecule has 1 atom stereocenters. The lowest BCUT2D eigenvalue weighted by Crippen LogP contribution is -2.48. The number of nitrogens with zero attached hydrogens (tertiary/aromatic N) is 1. The van der Waals surface area contributed by atoms with Crippen molar-refractivity contribution in [1.82, 2.24) is 15.5 Å². The number of hydrogen-bond donors (Lipinski definition) is 2. The third-order valence-corrected chi connectivity index (χ3v) is 5.07. The van der Waals surface area contributed by atoms with Gasteiger partial charge in [0.25, 0.3) is 0 Å². The minimum Gasteiger partial charge on any atom is -0.497 e. The van der Waals surface area contributed by atoms with Crippen LogP contribution in [0.3, 0.4) is 0 Å². The number of likely N-dealkylation sites (tertiary alicyclic amines) is 1. The number of hydrogen-bond acceptors (Lipinski definition) is 5. The highest BCUT2D eigenvalue weighted by Gasteiger charge is 2.34. The molecule has 2 N–H and O–H groups in total. The number of carbonyl (C=O) groups excluding carboxylic acids is 2. The van der Waals surface area contributed by atoms with Crippen LogP contribution in [0.25, 0.3) is 0 Å². The number of amides is 2. The van der Waals surface area contributed by atoms with Gasteiger partial charge in [0.05, 0.1) is 25.8 Å². The van der Waals surface area contributed by atoms with Crippen LogP contribution in [0.4, 0.5) is 4.79 Å². The summed E-state index contributed by atoms with van der Waals surface area (Å²) < 4.78 is 10.3. The summed E-state index contributed by atoms with van der Waals surface area (Å²) in [6, 6.07) is 6.45. The van der Waals surface area contributed by atoms with Gasteiger partial charge in [-0.1, -0.05) is 25.0 Å². The lowest BCUT2D eigenvalue weighted by Gasteiger charge is -2.31. The molecule has 146 valence electrons. The van der Waals surface area contributed by atoms with Crippen LogP contribution < -0.4 is 15.4 Å². The summed E-state index contributed by atoms with van der Waals surface area (Å²) in [6.07, 6.45) is 4.71. The maximum Gasteiger partial charge on any atom is 0.338 e. The average Bonchev–Trinajstić information content (AvgIpc) is 2.95. The normalized spacial score (nSPS) is 21.1. The number of rotatable bonds is 5. The van der Waals surface area contributed by atoms with Crippen molar-refractivity contribution in [2.75, 3.05) is 33.9 Å². The van der Waals surface area contributed by atoms with Gasteiger partial charge < -0.3 is 20.1 Å². The van der Waals surface area contributed by atoms with Crippen LogP contribution in [0, 0.1) is 0 Å². The number of ether oxygens (including phenoxy) is 2. The van der Waals surface area contributed by atoms with Crippen molar-refractivity contribution >= 4 is 12.0 Å². The molecule has 0 spiro atoms. The van der Waals surface area contributed by atoms with Crippen LogP contribution in [0.15, 0.2) is 35.5 Å². The molecular formula is C20H27N3O4. The second-order valence-corrected chi connectivity index (χ2v) is 6.88. The number of nitrogens with one attached hydrogen (secondary N) is 2. The van der Waals surface area contributed by atoms with E-state index in [0.29, 0.717) is 23.6 Å². The van der Waals surface area contributed by atoms with Crippen molar-refractivity contribution in [3.63, 3.8) is 0 Å². The van der Waals surface area contributed by atoms with Crippen LogP contribution in [0.1, 0.15) is 37.3 Å². The summed E-state index contributed by atoms with van der Waals surface area (Å²) in [6.45, 7) is 2.45. The molecule has 0 radical (unpaired) electrons. The Hall–Kier alpha value is -2.54. The van der Waals surface area contributed by atoms with Gasteiger partial charge in [-0.3, -0.25) is 4.90 Å². The molecule has 0 saturated carbocycles. The van der Waals surface area contributed by atoms with Crippen molar-refractivity contribution in [3.05, 3.63) is 41.1 Å². The largest absolute Gasteiger partial charge is 0.497 e. The van der Waals surface area contributed by atoms with Gasteiger partial charge in [0.1, 0.15) is 5.75 Å². The third kappa shape index (κ3) is 4.60. The maximum atomic E-state index is 12.6. The van der Waals surface area contributed by atoms with Crippen LogP contribution in [0.5, 0.6) is 5.75 Å². The van der Waals surface area contributed by atoms with Crippen molar-refractivity contribution in [2.45, 2.75) is 31.7 Å². The Kier molecular flexibility index (Phi) is 6.34. The molecule has 3 rings (SSSR count). The minimum atomic E-state index is -0.580. The Morgan fingerprint density at radius 2 is 1.93 bits per heavy atom. The van der Waals surface area contributed by atoms with Gasteiger partial charge in [0.15, 0.2) is 0 Å². The van der Waals surface area contributed by atoms with Crippen molar-refractivity contribution < 1.29 is 19.1 Å². The zero-order valence-electron chi connectivity index (χ0n) is 15.9. The molecule has 7 heteroatoms. The van der Waals surface area contributed by atoms with E-state index in [1.165, 1.54) is 20.0 Å². The zero-order valence-corrected chi connectivity index (χ0v) is 15.9. The van der Waals surface area contributed by atoms with Crippen molar-refractivity contribution in [3.8, 4) is 5.75 Å². The van der Waals surface area contributed by atoms with E-state index >= 15 is 0 Å². The summed E-state index contributed by atoms with van der Waals surface area (Å²) in [7, 11) is 2.94. The van der Waals surface area contributed by atoms with E-state index in [9.17, 15) is 9.59 Å². The first-order chi connectivity index (χ1) is 13.1. The van der Waals surface area contributed by atoms with E-state index in [4.69, 9.17) is 9.47 Å². The highest BCUT2D eigenvalue weighted by atomic mass is 16.5. The van der Waals surface area contributed by atoms with Gasteiger partial charge in [-0.25, -0.2) is 9.59 Å². The number of urea groups is 1. The molecule has 1 aromatic carbocycles. The molecule has 2 amide bonds. The van der Waals surface area contributed by atoms with E-state index in [2.05, 4.69) is 15.5 Å². The second kappa shape index (κ2) is 8.90. The Balaban J connectivity index is 1.97. The standard InChI is InChI=1S/C20H27N3O4/c1-26-15-9-7-8-14(12-15)18-17(19(24)27-2)16(21-20(25)22-18)13-23-10-5-3-4-6-11-23/h7-9,12,18H,3-6,10-11,13H2,1-2H3,(H2,21,22,25). The summed E-state index contributed by atoms with van der Waals surface area (Å²) in [4.78, 5) is 27.2. The quantitative estimate of drug-likeness (QED) is 0.775. The average molecular weight is 373 g/mol. The fourth-order valence-electron chi connectivity index (χ4n) is 3.68. The predicted octanol–water partition coefficient (Wildman–Crippen LogP) is 2.35. The topological polar surface area (TPSA) is 79.9 Å². The number of carbonyl (C=O) groups is 2. The highest BCUT2D eigenvalue weighted by molar-refractivity contribution is 5.95. The molecule has 1 fully saturated rings. The first-order valence-corrected chi connectivity index (χ1v) is 9.37. The number of esters is 1. The Morgan fingerprint density at radius 3 is 2.59 bits per heavy atom. The van der Waals surface area contributed by atoms with E-state index < -0.39 is 12.0 Å². The second-order valence-electron chi connectivity index (χ2n) is 6.88. The van der Waals surface area contributed by atoms with Crippen LogP contribution in [0.2, 0.25) is 0 Å². The van der Waals surface area contributed by atoms with Crippen LogP contribution >= 0.6 is 0 Å². The van der Waals surface area contributed by atoms with Gasteiger partial charge in [-0.2, -0.15) is 0 Å². The summed E-state index contributed by atoms with van der Waals surface area (Å²) in [5.41, 5.74) is 1.83. The van der Waals surface area contributed by atoms with Crippen LogP contribution in [-0.4, -0.2) is 50.8 Å². The third-order valence-electron chi connectivity index (χ3n) is 5.07. The molecule has 27 heavy (non-hydrogen) atoms. The molecule has 0 aliphatic carbocycles. The first-order valence-electron chi connectivity index (χ1n) is 9.37. The molecule has 2 aliphatic heterocycles. The Labute approximate surface area is 159 Å². The zero-order chi connectivity index (χ0) is 19.2. The van der Waals surface area contributed by atoms with Crippen molar-refractivity contribution in [1.29, 1.82) is 0 Å². The summed E-state index contributed by atoms with van der Waals surface area (Å²) in [5, 5.41) is 5.68. The van der Waals surface area contributed by atoms with E-state index in [1.54, 1.807) is 7.11 Å². The Morgan fingerprint density at radius 1 is 1.19 bits per heavy atom. The highest BCUT2D eigenvalue weighted by Crippen LogP contribution is 2.30. The molecule has 1 saturated heterocycles. The molecule has 1 aromatic rings. The monoisotopic (exact) mass is 373 g/mol. The Bertz CT molecular complexity index is 724. The lowest BCUT2D eigenvalue weighted by atomic mass is 9.94. The molecule has 2 aliphatic rings. The van der Waals surface area contributed by atoms with Crippen LogP contribution in [-0.2, 0) is 9.53 Å². The molecule has 0 bridgehead atoms. The summed E-state index contributed by atoms with van der Waals surface area (Å²) in [5.74, 6) is 0.221. The maximum absolute atomic E-state index is 12.6. The van der Waals surface area contributed by atoms with E-state index in [-0.39, 0.29) is 6.03 Å². The predicted molar refractivity (Wildman–Crippen MR) is 101 cm³/mol. The van der Waals surface area contributed by atoms with Gasteiger partial charge in [0.2, 0.25) is 0 Å². The first kappa shape index (κ1) is 19.2. The minimum absolute atomic E-state index is 0.319. The van der Waals surface area contributed by atoms with Gasteiger partial charge >= 0.3 is 12.0 Å². The number of methoxy groups -OCH3 is 2. The lowest BCUT2D eigenvalue weighted by molar-refractivity contribution is -0.136. The van der Waals surface area contributed by atoms with Gasteiger partial charge in [-0.15, -0.1) is 0 Å². The van der Waals surface area contributed by atoms with Crippen molar-refractivity contribution in [2.24, 2.45) is 0 Å². The van der Waals surface area contributed by atoms with Gasteiger partial charge in [-0.05, 0) is 43.6 Å². The SMILES string of the molecule is COC(=O)C1=C(CN2CCCCCC2)NC(=O)NC1c1cccc(OC)c1. The number of benzene rings is 1. The summed E-state index contributed by atoms with van der Waals surface area (Å²) >= 11 is 0. The molecule has 1 unspecified atom stereocenters. The fourth-order valence-corrected chi connectivity index (χ4v) is 3.68. The molecular weight excluding hydrogens is 346 g/mol. The fraction of sp³-hybridized carbons (Fsp3) is 0.500. The molecule has 7 nitrogen and oxygen atoms in total. The molecule has 2 heterocycles.